The first-order chi connectivity index (χ1) is 8.24. The van der Waals surface area contributed by atoms with Gasteiger partial charge in [0.05, 0.1) is 12.5 Å². The normalized spacial score (nSPS) is 27.4. The van der Waals surface area contributed by atoms with Crippen molar-refractivity contribution in [1.29, 1.82) is 0 Å². The fourth-order valence-electron chi connectivity index (χ4n) is 2.88. The van der Waals surface area contributed by atoms with Crippen LogP contribution in [0, 0.1) is 5.92 Å². The smallest absolute Gasteiger partial charge is 0.239 e. The van der Waals surface area contributed by atoms with Gasteiger partial charge in [0.2, 0.25) is 11.8 Å². The molecule has 1 N–H and O–H groups in total. The molecule has 2 atom stereocenters. The first-order valence-corrected chi connectivity index (χ1v) is 6.81. The molecule has 1 aliphatic carbocycles. The van der Waals surface area contributed by atoms with Gasteiger partial charge in [-0.25, -0.2) is 0 Å². The molecule has 2 aliphatic rings. The fraction of sp³-hybridized carbons (Fsp3) is 0.846. The highest BCUT2D eigenvalue weighted by Gasteiger charge is 2.48. The lowest BCUT2D eigenvalue weighted by molar-refractivity contribution is -0.162. The Kier molecular flexibility index (Phi) is 4.02. The Morgan fingerprint density at radius 1 is 1.41 bits per heavy atom. The van der Waals surface area contributed by atoms with Crippen LogP contribution in [0.2, 0.25) is 0 Å². The molecule has 17 heavy (non-hydrogen) atoms. The molecule has 1 saturated heterocycles. The number of hydrogen-bond donors (Lipinski definition) is 1. The Bertz CT molecular complexity index is 304. The third kappa shape index (κ3) is 2.61. The number of β-lactam (4-membered cyclic amide) rings is 1. The van der Waals surface area contributed by atoms with Gasteiger partial charge in [-0.2, -0.15) is 0 Å². The summed E-state index contributed by atoms with van der Waals surface area (Å²) in [4.78, 5) is 25.2. The highest BCUT2D eigenvalue weighted by molar-refractivity contribution is 5.91. The number of hydrogen-bond acceptors (Lipinski definition) is 2. The molecule has 4 heteroatoms. The van der Waals surface area contributed by atoms with Crippen LogP contribution in [0.3, 0.4) is 0 Å². The van der Waals surface area contributed by atoms with E-state index in [4.69, 9.17) is 0 Å². The van der Waals surface area contributed by atoms with E-state index in [0.29, 0.717) is 6.04 Å². The number of rotatable bonds is 5. The predicted molar refractivity (Wildman–Crippen MR) is 65.4 cm³/mol. The summed E-state index contributed by atoms with van der Waals surface area (Å²) in [5.41, 5.74) is 0. The fourth-order valence-corrected chi connectivity index (χ4v) is 2.88. The molecule has 0 radical (unpaired) electrons. The van der Waals surface area contributed by atoms with Crippen molar-refractivity contribution in [2.45, 2.75) is 51.5 Å². The molecule has 2 rings (SSSR count). The highest BCUT2D eigenvalue weighted by atomic mass is 16.2. The number of carbonyl (C=O) groups is 2. The van der Waals surface area contributed by atoms with Gasteiger partial charge in [0.15, 0.2) is 0 Å². The van der Waals surface area contributed by atoms with E-state index >= 15 is 0 Å². The number of unbranched alkanes of at least 4 members (excludes halogenated alkanes) is 1. The minimum absolute atomic E-state index is 0.00387. The monoisotopic (exact) mass is 238 g/mol. The standard InChI is InChI=1S/C13H22N2O2/c1-2-3-8-14-12(16)9-15-11-7-5-4-6-10(11)13(15)17/h10-11H,2-9H2,1H3,(H,14,16)/t10-,11+/m1/s1. The van der Waals surface area contributed by atoms with E-state index < -0.39 is 0 Å². The van der Waals surface area contributed by atoms with Gasteiger partial charge in [-0.15, -0.1) is 0 Å². The number of likely N-dealkylation sites (tertiary alicyclic amines) is 1. The van der Waals surface area contributed by atoms with Gasteiger partial charge in [0, 0.05) is 12.6 Å². The van der Waals surface area contributed by atoms with E-state index in [9.17, 15) is 9.59 Å². The van der Waals surface area contributed by atoms with Gasteiger partial charge in [-0.1, -0.05) is 26.2 Å². The minimum Gasteiger partial charge on any atom is -0.355 e. The molecular formula is C13H22N2O2. The van der Waals surface area contributed by atoms with Gasteiger partial charge in [0.25, 0.3) is 0 Å². The first-order valence-electron chi connectivity index (χ1n) is 6.81. The highest BCUT2D eigenvalue weighted by Crippen LogP contribution is 2.37. The zero-order chi connectivity index (χ0) is 12.3. The van der Waals surface area contributed by atoms with Crippen LogP contribution in [0.15, 0.2) is 0 Å². The second-order valence-corrected chi connectivity index (χ2v) is 5.13. The van der Waals surface area contributed by atoms with Crippen LogP contribution >= 0.6 is 0 Å². The van der Waals surface area contributed by atoms with Crippen molar-refractivity contribution in [1.82, 2.24) is 10.2 Å². The Balaban J connectivity index is 1.75. The first kappa shape index (κ1) is 12.4. The van der Waals surface area contributed by atoms with E-state index in [1.54, 1.807) is 4.90 Å². The molecular weight excluding hydrogens is 216 g/mol. The number of nitrogens with zero attached hydrogens (tertiary/aromatic N) is 1. The summed E-state index contributed by atoms with van der Waals surface area (Å²) in [6, 6.07) is 0.355. The average Bonchev–Trinajstić information content (AvgIpc) is 2.36. The van der Waals surface area contributed by atoms with Gasteiger partial charge >= 0.3 is 0 Å². The van der Waals surface area contributed by atoms with Crippen LogP contribution in [-0.2, 0) is 9.59 Å². The molecule has 0 aromatic heterocycles. The third-order valence-electron chi connectivity index (χ3n) is 3.90. The third-order valence-corrected chi connectivity index (χ3v) is 3.90. The quantitative estimate of drug-likeness (QED) is 0.580. The number of fused-ring (bicyclic) bond motifs is 1. The molecule has 4 nitrogen and oxygen atoms in total. The lowest BCUT2D eigenvalue weighted by Gasteiger charge is -2.49. The number of carbonyl (C=O) groups excluding carboxylic acids is 2. The zero-order valence-corrected chi connectivity index (χ0v) is 10.6. The average molecular weight is 238 g/mol. The van der Waals surface area contributed by atoms with E-state index in [1.807, 2.05) is 0 Å². The molecule has 96 valence electrons. The number of nitrogens with one attached hydrogen (secondary N) is 1. The van der Waals surface area contributed by atoms with Crippen molar-refractivity contribution in [3.63, 3.8) is 0 Å². The molecule has 1 heterocycles. The van der Waals surface area contributed by atoms with Gasteiger partial charge in [0.1, 0.15) is 0 Å². The van der Waals surface area contributed by atoms with Crippen LogP contribution in [0.5, 0.6) is 0 Å². The van der Waals surface area contributed by atoms with Crippen molar-refractivity contribution < 1.29 is 9.59 Å². The van der Waals surface area contributed by atoms with E-state index in [2.05, 4.69) is 12.2 Å². The summed E-state index contributed by atoms with van der Waals surface area (Å²) in [5.74, 6) is 0.420. The zero-order valence-electron chi connectivity index (χ0n) is 10.6. The van der Waals surface area contributed by atoms with Crippen LogP contribution in [0.4, 0.5) is 0 Å². The Hall–Kier alpha value is -1.06. The summed E-state index contributed by atoms with van der Waals surface area (Å²) in [5, 5.41) is 2.87. The molecule has 0 spiro atoms. The van der Waals surface area contributed by atoms with Crippen LogP contribution in [0.25, 0.3) is 0 Å². The maximum Gasteiger partial charge on any atom is 0.239 e. The largest absolute Gasteiger partial charge is 0.355 e. The van der Waals surface area contributed by atoms with Gasteiger partial charge in [-0.3, -0.25) is 9.59 Å². The molecule has 1 aliphatic heterocycles. The minimum atomic E-state index is -0.00387. The molecule has 2 fully saturated rings. The topological polar surface area (TPSA) is 49.4 Å². The van der Waals surface area contributed by atoms with Crippen molar-refractivity contribution in [3.8, 4) is 0 Å². The molecule has 0 bridgehead atoms. The van der Waals surface area contributed by atoms with Crippen molar-refractivity contribution in [3.05, 3.63) is 0 Å². The predicted octanol–water partition coefficient (Wildman–Crippen LogP) is 1.30. The Morgan fingerprint density at radius 3 is 2.94 bits per heavy atom. The molecule has 0 aromatic rings. The Morgan fingerprint density at radius 2 is 2.18 bits per heavy atom. The SMILES string of the molecule is CCCCNC(=O)CN1C(=O)[C@@H]2CCCC[C@@H]21. The van der Waals surface area contributed by atoms with E-state index in [0.717, 1.165) is 32.2 Å². The number of amides is 2. The van der Waals surface area contributed by atoms with E-state index in [-0.39, 0.29) is 24.3 Å². The summed E-state index contributed by atoms with van der Waals surface area (Å²) >= 11 is 0. The summed E-state index contributed by atoms with van der Waals surface area (Å²) < 4.78 is 0. The summed E-state index contributed by atoms with van der Waals surface area (Å²) in [6.45, 7) is 3.09. The van der Waals surface area contributed by atoms with Gasteiger partial charge < -0.3 is 10.2 Å². The second kappa shape index (κ2) is 5.52. The van der Waals surface area contributed by atoms with Crippen molar-refractivity contribution in [2.75, 3.05) is 13.1 Å². The van der Waals surface area contributed by atoms with Gasteiger partial charge in [-0.05, 0) is 19.3 Å². The van der Waals surface area contributed by atoms with E-state index in [1.165, 1.54) is 12.8 Å². The molecule has 0 unspecified atom stereocenters. The summed E-state index contributed by atoms with van der Waals surface area (Å²) in [7, 11) is 0. The second-order valence-electron chi connectivity index (χ2n) is 5.13. The Labute approximate surface area is 103 Å². The summed E-state index contributed by atoms with van der Waals surface area (Å²) in [6.07, 6.45) is 6.56. The molecule has 1 saturated carbocycles. The lowest BCUT2D eigenvalue weighted by Crippen LogP contribution is -2.63. The molecule has 0 aromatic carbocycles. The van der Waals surface area contributed by atoms with Crippen LogP contribution in [-0.4, -0.2) is 35.8 Å². The maximum atomic E-state index is 11.8. The van der Waals surface area contributed by atoms with Crippen LogP contribution < -0.4 is 5.32 Å². The van der Waals surface area contributed by atoms with Crippen molar-refractivity contribution >= 4 is 11.8 Å². The van der Waals surface area contributed by atoms with Crippen LogP contribution in [0.1, 0.15) is 45.4 Å². The van der Waals surface area contributed by atoms with Crippen molar-refractivity contribution in [2.24, 2.45) is 5.92 Å². The maximum absolute atomic E-state index is 11.8. The molecule has 2 amide bonds. The lowest BCUT2D eigenvalue weighted by atomic mass is 9.76.